The van der Waals surface area contributed by atoms with E-state index >= 15 is 0 Å². The molecule has 8 heteroatoms. The first kappa shape index (κ1) is 14.7. The van der Waals surface area contributed by atoms with E-state index in [1.165, 1.54) is 24.3 Å². The molecule has 22 heavy (non-hydrogen) atoms. The van der Waals surface area contributed by atoms with Crippen molar-refractivity contribution in [1.29, 1.82) is 0 Å². The smallest absolute Gasteiger partial charge is 0.335 e. The van der Waals surface area contributed by atoms with Gasteiger partial charge >= 0.3 is 5.97 Å². The Labute approximate surface area is 134 Å². The molecule has 1 N–H and O–H groups in total. The highest BCUT2D eigenvalue weighted by atomic mass is 79.9. The molecule has 1 aliphatic heterocycles. The van der Waals surface area contributed by atoms with Gasteiger partial charge in [0.15, 0.2) is 0 Å². The van der Waals surface area contributed by atoms with Gasteiger partial charge in [0, 0.05) is 4.47 Å². The van der Waals surface area contributed by atoms with Gasteiger partial charge in [-0.15, -0.1) is 0 Å². The third kappa shape index (κ3) is 2.11. The summed E-state index contributed by atoms with van der Waals surface area (Å²) in [4.78, 5) is 23.1. The Kier molecular flexibility index (Phi) is 3.30. The lowest BCUT2D eigenvalue weighted by molar-refractivity contribution is 0.0696. The van der Waals surface area contributed by atoms with Crippen LogP contribution in [0, 0.1) is 0 Å². The van der Waals surface area contributed by atoms with Crippen molar-refractivity contribution < 1.29 is 23.1 Å². The fourth-order valence-corrected chi connectivity index (χ4v) is 4.08. The van der Waals surface area contributed by atoms with E-state index in [0.29, 0.717) is 4.31 Å². The molecular weight excluding hydrogens is 374 g/mol. The van der Waals surface area contributed by atoms with Gasteiger partial charge in [-0.1, -0.05) is 15.9 Å². The van der Waals surface area contributed by atoms with Crippen LogP contribution in [0.5, 0.6) is 0 Å². The van der Waals surface area contributed by atoms with Crippen LogP contribution in [0.4, 0.5) is 5.69 Å². The van der Waals surface area contributed by atoms with Crippen LogP contribution >= 0.6 is 15.9 Å². The normalized spacial score (nSPS) is 15.7. The van der Waals surface area contributed by atoms with Crippen molar-refractivity contribution in [3.63, 3.8) is 0 Å². The molecule has 2 aromatic carbocycles. The molecule has 2 aromatic rings. The Morgan fingerprint density at radius 1 is 1.09 bits per heavy atom. The second kappa shape index (κ2) is 4.92. The summed E-state index contributed by atoms with van der Waals surface area (Å²) in [6.07, 6.45) is 0. The Morgan fingerprint density at radius 2 is 1.73 bits per heavy atom. The second-order valence-corrected chi connectivity index (χ2v) is 7.24. The molecule has 6 nitrogen and oxygen atoms in total. The maximum absolute atomic E-state index is 12.6. The summed E-state index contributed by atoms with van der Waals surface area (Å²) < 4.78 is 26.5. The van der Waals surface area contributed by atoms with Crippen LogP contribution in [0.3, 0.4) is 0 Å². The highest BCUT2D eigenvalue weighted by Crippen LogP contribution is 2.35. The van der Waals surface area contributed by atoms with Gasteiger partial charge in [-0.25, -0.2) is 13.2 Å². The van der Waals surface area contributed by atoms with E-state index in [1.807, 2.05) is 0 Å². The molecule has 0 bridgehead atoms. The zero-order valence-corrected chi connectivity index (χ0v) is 13.3. The van der Waals surface area contributed by atoms with Crippen molar-refractivity contribution in [2.24, 2.45) is 0 Å². The molecule has 0 fully saturated rings. The molecule has 3 rings (SSSR count). The highest BCUT2D eigenvalue weighted by molar-refractivity contribution is 9.10. The number of carboxylic acids is 1. The van der Waals surface area contributed by atoms with Crippen molar-refractivity contribution in [2.45, 2.75) is 4.90 Å². The number of carbonyl (C=O) groups excluding carboxylic acids is 1. The molecule has 0 saturated heterocycles. The molecule has 1 amide bonds. The van der Waals surface area contributed by atoms with Gasteiger partial charge in [-0.05, 0) is 42.5 Å². The number of rotatable bonds is 2. The van der Waals surface area contributed by atoms with E-state index in [1.54, 1.807) is 12.1 Å². The van der Waals surface area contributed by atoms with E-state index in [9.17, 15) is 18.0 Å². The minimum Gasteiger partial charge on any atom is -0.478 e. The number of anilines is 1. The summed E-state index contributed by atoms with van der Waals surface area (Å²) in [6, 6.07) is 9.64. The van der Waals surface area contributed by atoms with Crippen molar-refractivity contribution in [1.82, 2.24) is 0 Å². The summed E-state index contributed by atoms with van der Waals surface area (Å²) in [7, 11) is -4.11. The molecule has 1 heterocycles. The first-order valence-electron chi connectivity index (χ1n) is 6.05. The average Bonchev–Trinajstić information content (AvgIpc) is 2.67. The maximum Gasteiger partial charge on any atom is 0.335 e. The van der Waals surface area contributed by atoms with Crippen LogP contribution in [0.2, 0.25) is 0 Å². The number of carbonyl (C=O) groups is 2. The summed E-state index contributed by atoms with van der Waals surface area (Å²) in [5.41, 5.74) is -0.0259. The van der Waals surface area contributed by atoms with Crippen LogP contribution in [0.1, 0.15) is 20.7 Å². The Hall–Kier alpha value is -2.19. The van der Waals surface area contributed by atoms with Crippen LogP contribution in [-0.2, 0) is 10.0 Å². The highest BCUT2D eigenvalue weighted by Gasteiger charge is 2.42. The van der Waals surface area contributed by atoms with Crippen LogP contribution in [0.15, 0.2) is 51.8 Å². The zero-order valence-electron chi connectivity index (χ0n) is 10.9. The lowest BCUT2D eigenvalue weighted by Crippen LogP contribution is -2.29. The Balaban J connectivity index is 2.19. The largest absolute Gasteiger partial charge is 0.478 e. The molecule has 0 aliphatic carbocycles. The number of benzene rings is 2. The molecule has 112 valence electrons. The summed E-state index contributed by atoms with van der Waals surface area (Å²) in [5, 5.41) is 8.97. The number of aromatic carboxylic acids is 1. The number of hydrogen-bond donors (Lipinski definition) is 1. The summed E-state index contributed by atoms with van der Waals surface area (Å²) in [5.74, 6) is -1.96. The van der Waals surface area contributed by atoms with Crippen LogP contribution in [-0.4, -0.2) is 25.4 Å². The first-order chi connectivity index (χ1) is 10.3. The van der Waals surface area contributed by atoms with Gasteiger partial charge in [0.1, 0.15) is 4.90 Å². The van der Waals surface area contributed by atoms with Crippen LogP contribution in [0.25, 0.3) is 0 Å². The number of hydrogen-bond acceptors (Lipinski definition) is 4. The van der Waals surface area contributed by atoms with E-state index < -0.39 is 21.9 Å². The molecule has 0 atom stereocenters. The predicted octanol–water partition coefficient (Wildman–Crippen LogP) is 2.50. The maximum atomic E-state index is 12.6. The lowest BCUT2D eigenvalue weighted by atomic mass is 10.1. The van der Waals surface area contributed by atoms with Crippen LogP contribution < -0.4 is 4.31 Å². The predicted molar refractivity (Wildman–Crippen MR) is 81.5 cm³/mol. The third-order valence-corrected chi connectivity index (χ3v) is 5.50. The average molecular weight is 382 g/mol. The number of halogens is 1. The van der Waals surface area contributed by atoms with Crippen molar-refractivity contribution in [2.75, 3.05) is 4.31 Å². The Morgan fingerprint density at radius 3 is 2.32 bits per heavy atom. The van der Waals surface area contributed by atoms with E-state index in [4.69, 9.17) is 5.11 Å². The molecule has 0 saturated carbocycles. The fraction of sp³-hybridized carbons (Fsp3) is 0. The van der Waals surface area contributed by atoms with Gasteiger partial charge in [0.05, 0.1) is 16.8 Å². The molecule has 1 aliphatic rings. The fourth-order valence-electron chi connectivity index (χ4n) is 2.19. The SMILES string of the molecule is O=C(O)c1ccc2c(c1)S(=O)(=O)N(c1ccc(Br)cc1)C2=O. The number of amides is 1. The molecule has 0 aromatic heterocycles. The number of carboxylic acid groups (broad SMARTS) is 1. The van der Waals surface area contributed by atoms with Gasteiger partial charge < -0.3 is 5.11 Å². The van der Waals surface area contributed by atoms with Crippen molar-refractivity contribution in [3.8, 4) is 0 Å². The molecule has 0 radical (unpaired) electrons. The monoisotopic (exact) mass is 381 g/mol. The topological polar surface area (TPSA) is 91.8 Å². The number of sulfonamides is 1. The van der Waals surface area contributed by atoms with E-state index in [-0.39, 0.29) is 21.7 Å². The quantitative estimate of drug-likeness (QED) is 0.862. The van der Waals surface area contributed by atoms with Crippen molar-refractivity contribution in [3.05, 3.63) is 58.1 Å². The van der Waals surface area contributed by atoms with Gasteiger partial charge in [-0.2, -0.15) is 4.31 Å². The molecule has 0 unspecified atom stereocenters. The van der Waals surface area contributed by atoms with Gasteiger partial charge in [-0.3, -0.25) is 4.79 Å². The molecular formula is C14H8BrNO5S. The van der Waals surface area contributed by atoms with Gasteiger partial charge in [0.25, 0.3) is 15.9 Å². The minimum absolute atomic E-state index is 0.0343. The third-order valence-electron chi connectivity index (χ3n) is 3.22. The first-order valence-corrected chi connectivity index (χ1v) is 8.28. The number of nitrogens with zero attached hydrogens (tertiary/aromatic N) is 1. The minimum atomic E-state index is -4.11. The molecule has 0 spiro atoms. The standard InChI is InChI=1S/C14H8BrNO5S/c15-9-2-4-10(5-3-9)16-13(17)11-6-1-8(14(18)19)7-12(11)22(16,20)21/h1-7H,(H,18,19). The lowest BCUT2D eigenvalue weighted by Gasteiger charge is -2.14. The number of fused-ring (bicyclic) bond motifs is 1. The zero-order chi connectivity index (χ0) is 16.1. The second-order valence-electron chi connectivity index (χ2n) is 4.57. The van der Waals surface area contributed by atoms with Crippen molar-refractivity contribution >= 4 is 43.5 Å². The Bertz CT molecular complexity index is 905. The summed E-state index contributed by atoms with van der Waals surface area (Å²) >= 11 is 3.23. The van der Waals surface area contributed by atoms with E-state index in [0.717, 1.165) is 10.5 Å². The van der Waals surface area contributed by atoms with Gasteiger partial charge in [0.2, 0.25) is 0 Å². The van der Waals surface area contributed by atoms with E-state index in [2.05, 4.69) is 15.9 Å². The summed E-state index contributed by atoms with van der Waals surface area (Å²) in [6.45, 7) is 0.